The lowest BCUT2D eigenvalue weighted by Gasteiger charge is -2.05. The standard InChI is InChI=1S/C12H10Cl2N4O/c1-2-9(19)7-3-5-8(6-4-7)15-12-17-10(13)16-11(14)18-12/h3-6H,2H2,1H3,(H,15,16,17,18). The maximum Gasteiger partial charge on any atom is 0.232 e. The number of ketones is 1. The third kappa shape index (κ3) is 3.62. The molecule has 0 radical (unpaired) electrons. The van der Waals surface area contributed by atoms with Gasteiger partial charge in [0.05, 0.1) is 0 Å². The first kappa shape index (κ1) is 13.7. The van der Waals surface area contributed by atoms with Crippen molar-refractivity contribution in [3.05, 3.63) is 40.4 Å². The van der Waals surface area contributed by atoms with Crippen LogP contribution in [0.3, 0.4) is 0 Å². The highest BCUT2D eigenvalue weighted by Gasteiger charge is 2.05. The summed E-state index contributed by atoms with van der Waals surface area (Å²) in [6, 6.07) is 6.99. The number of aromatic nitrogens is 3. The molecule has 5 nitrogen and oxygen atoms in total. The first-order chi connectivity index (χ1) is 9.08. The van der Waals surface area contributed by atoms with Crippen LogP contribution >= 0.6 is 23.2 Å². The Labute approximate surface area is 120 Å². The summed E-state index contributed by atoms with van der Waals surface area (Å²) in [6.07, 6.45) is 0.478. The van der Waals surface area contributed by atoms with Gasteiger partial charge in [0, 0.05) is 17.7 Å². The van der Waals surface area contributed by atoms with Crippen LogP contribution in [0.4, 0.5) is 11.6 Å². The molecule has 0 fully saturated rings. The van der Waals surface area contributed by atoms with Crippen LogP contribution in [0, 0.1) is 0 Å². The molecule has 0 saturated carbocycles. The second-order valence-electron chi connectivity index (χ2n) is 3.68. The Morgan fingerprint density at radius 1 is 1.11 bits per heavy atom. The number of carbonyl (C=O) groups is 1. The molecule has 98 valence electrons. The Hall–Kier alpha value is -1.72. The van der Waals surface area contributed by atoms with E-state index in [4.69, 9.17) is 23.2 Å². The van der Waals surface area contributed by atoms with E-state index < -0.39 is 0 Å². The molecule has 1 aromatic heterocycles. The van der Waals surface area contributed by atoms with E-state index in [1.54, 1.807) is 24.3 Å². The van der Waals surface area contributed by atoms with Gasteiger partial charge in [-0.1, -0.05) is 6.92 Å². The fourth-order valence-corrected chi connectivity index (χ4v) is 1.82. The molecule has 0 atom stereocenters. The third-order valence-electron chi connectivity index (χ3n) is 2.36. The van der Waals surface area contributed by atoms with Crippen LogP contribution in [0.15, 0.2) is 24.3 Å². The maximum absolute atomic E-state index is 11.5. The van der Waals surface area contributed by atoms with E-state index in [2.05, 4.69) is 20.3 Å². The molecule has 0 spiro atoms. The quantitative estimate of drug-likeness (QED) is 0.875. The second-order valence-corrected chi connectivity index (χ2v) is 4.35. The van der Waals surface area contributed by atoms with E-state index in [1.165, 1.54) is 0 Å². The highest BCUT2D eigenvalue weighted by atomic mass is 35.5. The van der Waals surface area contributed by atoms with E-state index in [0.717, 1.165) is 5.69 Å². The Kier molecular flexibility index (Phi) is 4.29. The number of rotatable bonds is 4. The van der Waals surface area contributed by atoms with Gasteiger partial charge in [-0.15, -0.1) is 0 Å². The van der Waals surface area contributed by atoms with Crippen molar-refractivity contribution in [2.45, 2.75) is 13.3 Å². The van der Waals surface area contributed by atoms with Crippen molar-refractivity contribution < 1.29 is 4.79 Å². The zero-order valence-corrected chi connectivity index (χ0v) is 11.5. The Balaban J connectivity index is 2.17. The van der Waals surface area contributed by atoms with Crippen LogP contribution in [0.2, 0.25) is 10.6 Å². The van der Waals surface area contributed by atoms with Crippen molar-refractivity contribution in [2.24, 2.45) is 0 Å². The van der Waals surface area contributed by atoms with Crippen LogP contribution in [0.25, 0.3) is 0 Å². The van der Waals surface area contributed by atoms with Crippen LogP contribution in [-0.2, 0) is 0 Å². The van der Waals surface area contributed by atoms with Crippen LogP contribution < -0.4 is 5.32 Å². The minimum Gasteiger partial charge on any atom is -0.324 e. The summed E-state index contributed by atoms with van der Waals surface area (Å²) in [5, 5.41) is 2.96. The topological polar surface area (TPSA) is 67.8 Å². The lowest BCUT2D eigenvalue weighted by Crippen LogP contribution is -2.00. The van der Waals surface area contributed by atoms with E-state index in [0.29, 0.717) is 12.0 Å². The maximum atomic E-state index is 11.5. The van der Waals surface area contributed by atoms with E-state index in [9.17, 15) is 4.79 Å². The van der Waals surface area contributed by atoms with Crippen molar-refractivity contribution in [3.63, 3.8) is 0 Å². The van der Waals surface area contributed by atoms with Gasteiger partial charge < -0.3 is 5.32 Å². The monoisotopic (exact) mass is 296 g/mol. The molecule has 1 N–H and O–H groups in total. The molecule has 2 aromatic rings. The summed E-state index contributed by atoms with van der Waals surface area (Å²) in [6.45, 7) is 1.82. The molecule has 0 aliphatic heterocycles. The third-order valence-corrected chi connectivity index (χ3v) is 2.70. The summed E-state index contributed by atoms with van der Waals surface area (Å²) in [5.41, 5.74) is 1.39. The van der Waals surface area contributed by atoms with Crippen molar-refractivity contribution in [3.8, 4) is 0 Å². The first-order valence-electron chi connectivity index (χ1n) is 5.56. The number of hydrogen-bond donors (Lipinski definition) is 1. The van der Waals surface area contributed by atoms with Gasteiger partial charge >= 0.3 is 0 Å². The molecule has 0 unspecified atom stereocenters. The van der Waals surface area contributed by atoms with Crippen LogP contribution in [0.1, 0.15) is 23.7 Å². The number of Topliss-reactive ketones (excluding diaryl/α,β-unsaturated/α-hetero) is 1. The summed E-state index contributed by atoms with van der Waals surface area (Å²) < 4.78 is 0. The van der Waals surface area contributed by atoms with Crippen LogP contribution in [0.5, 0.6) is 0 Å². The second kappa shape index (κ2) is 5.95. The van der Waals surface area contributed by atoms with Crippen molar-refractivity contribution in [1.29, 1.82) is 0 Å². The van der Waals surface area contributed by atoms with Crippen molar-refractivity contribution in [2.75, 3.05) is 5.32 Å². The molecule has 1 heterocycles. The summed E-state index contributed by atoms with van der Waals surface area (Å²) >= 11 is 11.3. The molecule has 0 aliphatic carbocycles. The highest BCUT2D eigenvalue weighted by Crippen LogP contribution is 2.17. The number of carbonyl (C=O) groups excluding carboxylic acids is 1. The van der Waals surface area contributed by atoms with Gasteiger partial charge in [-0.25, -0.2) is 0 Å². The average Bonchev–Trinajstić information content (AvgIpc) is 2.37. The predicted octanol–water partition coefficient (Wildman–Crippen LogP) is 3.51. The lowest BCUT2D eigenvalue weighted by molar-refractivity contribution is 0.0988. The molecule has 0 aliphatic rings. The first-order valence-corrected chi connectivity index (χ1v) is 6.31. The van der Waals surface area contributed by atoms with Gasteiger partial charge in [0.25, 0.3) is 0 Å². The van der Waals surface area contributed by atoms with E-state index >= 15 is 0 Å². The lowest BCUT2D eigenvalue weighted by atomic mass is 10.1. The molecule has 1 aromatic carbocycles. The number of anilines is 2. The van der Waals surface area contributed by atoms with Crippen molar-refractivity contribution in [1.82, 2.24) is 15.0 Å². The number of nitrogens with zero attached hydrogens (tertiary/aromatic N) is 3. The molecule has 0 saturated heterocycles. The molecular formula is C12H10Cl2N4O. The fraction of sp³-hybridized carbons (Fsp3) is 0.167. The van der Waals surface area contributed by atoms with Gasteiger partial charge in [-0.05, 0) is 47.5 Å². The predicted molar refractivity (Wildman–Crippen MR) is 74.2 cm³/mol. The Bertz CT molecular complexity index is 581. The normalized spacial score (nSPS) is 10.3. The fourth-order valence-electron chi connectivity index (χ4n) is 1.45. The van der Waals surface area contributed by atoms with Gasteiger partial charge in [-0.3, -0.25) is 4.79 Å². The zero-order valence-electron chi connectivity index (χ0n) is 10.0. The smallest absolute Gasteiger partial charge is 0.232 e. The molecule has 2 rings (SSSR count). The van der Waals surface area contributed by atoms with Gasteiger partial charge in [0.1, 0.15) is 0 Å². The van der Waals surface area contributed by atoms with Gasteiger partial charge in [0.15, 0.2) is 5.78 Å². The highest BCUT2D eigenvalue weighted by molar-refractivity contribution is 6.31. The molecule has 19 heavy (non-hydrogen) atoms. The minimum absolute atomic E-state index is 0.0141. The van der Waals surface area contributed by atoms with E-state index in [1.807, 2.05) is 6.92 Å². The van der Waals surface area contributed by atoms with E-state index in [-0.39, 0.29) is 22.3 Å². The van der Waals surface area contributed by atoms with Gasteiger partial charge in [0.2, 0.25) is 16.5 Å². The summed E-state index contributed by atoms with van der Waals surface area (Å²) in [7, 11) is 0. The Morgan fingerprint density at radius 2 is 1.68 bits per heavy atom. The molecule has 0 amide bonds. The molecule has 7 heteroatoms. The van der Waals surface area contributed by atoms with Crippen LogP contribution in [-0.4, -0.2) is 20.7 Å². The number of hydrogen-bond acceptors (Lipinski definition) is 5. The molecular weight excluding hydrogens is 287 g/mol. The zero-order chi connectivity index (χ0) is 13.8. The average molecular weight is 297 g/mol. The Morgan fingerprint density at radius 3 is 2.21 bits per heavy atom. The number of nitrogens with one attached hydrogen (secondary N) is 1. The largest absolute Gasteiger partial charge is 0.324 e. The van der Waals surface area contributed by atoms with Crippen molar-refractivity contribution >= 4 is 40.6 Å². The minimum atomic E-state index is 0.0141. The van der Waals surface area contributed by atoms with Gasteiger partial charge in [-0.2, -0.15) is 15.0 Å². The SMILES string of the molecule is CCC(=O)c1ccc(Nc2nc(Cl)nc(Cl)n2)cc1. The summed E-state index contributed by atoms with van der Waals surface area (Å²) in [4.78, 5) is 22.9. The molecule has 0 bridgehead atoms. The number of benzene rings is 1. The number of halogens is 2. The summed E-state index contributed by atoms with van der Waals surface area (Å²) in [5.74, 6) is 0.345.